The molecule has 3 saturated heterocycles. The number of halogens is 3. The van der Waals surface area contributed by atoms with Gasteiger partial charge in [0.15, 0.2) is 0 Å². The molecule has 3 rings (SSSR count). The van der Waals surface area contributed by atoms with Crippen LogP contribution in [0.1, 0.15) is 20.3 Å². The summed E-state index contributed by atoms with van der Waals surface area (Å²) >= 11 is 0. The van der Waals surface area contributed by atoms with Crippen LogP contribution in [0.15, 0.2) is 0 Å². The Kier molecular flexibility index (Phi) is 4.78. The third kappa shape index (κ3) is 3.82. The minimum atomic E-state index is -5.08. The van der Waals surface area contributed by atoms with Gasteiger partial charge in [0.1, 0.15) is 0 Å². The number of hydrogen-bond donors (Lipinski definition) is 2. The van der Waals surface area contributed by atoms with E-state index in [1.165, 1.54) is 6.42 Å². The van der Waals surface area contributed by atoms with Gasteiger partial charge < -0.3 is 15.3 Å². The molecule has 2 N–H and O–H groups in total. The molecular weight excluding hydrogens is 265 g/mol. The second-order valence-electron chi connectivity index (χ2n) is 4.90. The van der Waals surface area contributed by atoms with Gasteiger partial charge in [0, 0.05) is 31.1 Å². The van der Waals surface area contributed by atoms with E-state index in [2.05, 4.69) is 10.2 Å². The van der Waals surface area contributed by atoms with Crippen molar-refractivity contribution in [2.24, 2.45) is 5.92 Å². The molecule has 2 atom stereocenters. The lowest BCUT2D eigenvalue weighted by atomic mass is 9.87. The first-order chi connectivity index (χ1) is 8.64. The molecule has 3 heterocycles. The molecule has 0 aliphatic carbocycles. The van der Waals surface area contributed by atoms with Crippen LogP contribution in [0.4, 0.5) is 13.2 Å². The standard InChI is InChI=1S/C9H16N2O.C2HF3O2/c1-6(2)9(12)11-7-3-8(11)5-10-4-7;3-2(4,5)1(6)7/h6-8,10H,3-5H2,1-2H3;(H,6,7). The highest BCUT2D eigenvalue weighted by atomic mass is 19.4. The van der Waals surface area contributed by atoms with Crippen molar-refractivity contribution in [2.75, 3.05) is 13.1 Å². The number of carboxylic acid groups (broad SMARTS) is 1. The Labute approximate surface area is 108 Å². The van der Waals surface area contributed by atoms with E-state index in [9.17, 15) is 18.0 Å². The number of carbonyl (C=O) groups is 2. The fourth-order valence-electron chi connectivity index (χ4n) is 2.14. The summed E-state index contributed by atoms with van der Waals surface area (Å²) in [6.07, 6.45) is -3.87. The van der Waals surface area contributed by atoms with E-state index in [1.54, 1.807) is 0 Å². The summed E-state index contributed by atoms with van der Waals surface area (Å²) < 4.78 is 31.7. The van der Waals surface area contributed by atoms with Crippen LogP contribution in [-0.4, -0.2) is 53.2 Å². The van der Waals surface area contributed by atoms with Gasteiger partial charge in [-0.25, -0.2) is 4.79 Å². The summed E-state index contributed by atoms with van der Waals surface area (Å²) in [4.78, 5) is 22.6. The molecule has 0 saturated carbocycles. The number of carbonyl (C=O) groups excluding carboxylic acids is 1. The molecule has 3 aliphatic heterocycles. The van der Waals surface area contributed by atoms with Crippen molar-refractivity contribution in [3.8, 4) is 0 Å². The highest BCUT2D eigenvalue weighted by molar-refractivity contribution is 5.80. The van der Waals surface area contributed by atoms with Crippen LogP contribution in [0, 0.1) is 5.92 Å². The molecule has 1 amide bonds. The lowest BCUT2D eigenvalue weighted by Crippen LogP contribution is -2.69. The molecule has 0 aromatic rings. The van der Waals surface area contributed by atoms with Crippen LogP contribution in [0.2, 0.25) is 0 Å². The number of hydrogen-bond acceptors (Lipinski definition) is 3. The van der Waals surface area contributed by atoms with Crippen LogP contribution < -0.4 is 5.32 Å². The van der Waals surface area contributed by atoms with Crippen molar-refractivity contribution in [1.29, 1.82) is 0 Å². The molecule has 3 fully saturated rings. The zero-order valence-electron chi connectivity index (χ0n) is 10.7. The molecule has 3 aliphatic rings. The van der Waals surface area contributed by atoms with Crippen molar-refractivity contribution < 1.29 is 27.9 Å². The third-order valence-corrected chi connectivity index (χ3v) is 3.08. The van der Waals surface area contributed by atoms with Crippen molar-refractivity contribution in [1.82, 2.24) is 10.2 Å². The molecule has 0 aromatic carbocycles. The van der Waals surface area contributed by atoms with Crippen molar-refractivity contribution in [3.63, 3.8) is 0 Å². The molecule has 5 nitrogen and oxygen atoms in total. The number of rotatable bonds is 1. The number of fused-ring (bicyclic) bond motifs is 2. The molecule has 8 heteroatoms. The maximum Gasteiger partial charge on any atom is 0.490 e. The number of carboxylic acids is 1. The highest BCUT2D eigenvalue weighted by Crippen LogP contribution is 2.29. The number of amides is 1. The summed E-state index contributed by atoms with van der Waals surface area (Å²) in [7, 11) is 0. The number of alkyl halides is 3. The molecule has 2 unspecified atom stereocenters. The molecule has 0 radical (unpaired) electrons. The van der Waals surface area contributed by atoms with Crippen LogP contribution >= 0.6 is 0 Å². The van der Waals surface area contributed by atoms with Crippen LogP contribution in [-0.2, 0) is 9.59 Å². The first-order valence-electron chi connectivity index (χ1n) is 5.97. The number of nitrogens with one attached hydrogen (secondary N) is 1. The Morgan fingerprint density at radius 1 is 1.26 bits per heavy atom. The number of piperidine rings is 1. The summed E-state index contributed by atoms with van der Waals surface area (Å²) in [5.41, 5.74) is 0. The van der Waals surface area contributed by atoms with Gasteiger partial charge in [-0.2, -0.15) is 13.2 Å². The Morgan fingerprint density at radius 2 is 1.68 bits per heavy atom. The van der Waals surface area contributed by atoms with Crippen LogP contribution in [0.5, 0.6) is 0 Å². The zero-order chi connectivity index (χ0) is 14.8. The normalized spacial score (nSPS) is 25.3. The maximum absolute atomic E-state index is 11.6. The van der Waals surface area contributed by atoms with Gasteiger partial charge in [0.05, 0.1) is 0 Å². The smallest absolute Gasteiger partial charge is 0.475 e. The Morgan fingerprint density at radius 3 is 1.95 bits per heavy atom. The van der Waals surface area contributed by atoms with Crippen molar-refractivity contribution in [3.05, 3.63) is 0 Å². The fraction of sp³-hybridized carbons (Fsp3) is 0.818. The molecule has 0 spiro atoms. The molecule has 2 bridgehead atoms. The largest absolute Gasteiger partial charge is 0.490 e. The summed E-state index contributed by atoms with van der Waals surface area (Å²) in [6.45, 7) is 5.94. The van der Waals surface area contributed by atoms with Gasteiger partial charge >= 0.3 is 12.1 Å². The Hall–Kier alpha value is -1.31. The van der Waals surface area contributed by atoms with Gasteiger partial charge in [-0.15, -0.1) is 0 Å². The Bertz CT molecular complexity index is 344. The van der Waals surface area contributed by atoms with Gasteiger partial charge in [-0.05, 0) is 6.42 Å². The average molecular weight is 282 g/mol. The molecule has 110 valence electrons. The number of nitrogens with zero attached hydrogens (tertiary/aromatic N) is 1. The van der Waals surface area contributed by atoms with Gasteiger partial charge in [0.2, 0.25) is 5.91 Å². The SMILES string of the molecule is CC(C)C(=O)N1C2CNCC1C2.O=C(O)C(F)(F)F. The van der Waals surface area contributed by atoms with Gasteiger partial charge in [0.25, 0.3) is 0 Å². The van der Waals surface area contributed by atoms with E-state index >= 15 is 0 Å². The lowest BCUT2D eigenvalue weighted by Gasteiger charge is -2.53. The van der Waals surface area contributed by atoms with Crippen molar-refractivity contribution in [2.45, 2.75) is 38.5 Å². The van der Waals surface area contributed by atoms with E-state index < -0.39 is 12.1 Å². The van der Waals surface area contributed by atoms with Crippen molar-refractivity contribution >= 4 is 11.9 Å². The summed E-state index contributed by atoms with van der Waals surface area (Å²) in [5, 5.41) is 10.4. The quantitative estimate of drug-likeness (QED) is 0.748. The zero-order valence-corrected chi connectivity index (χ0v) is 10.7. The monoisotopic (exact) mass is 282 g/mol. The highest BCUT2D eigenvalue weighted by Gasteiger charge is 2.44. The first kappa shape index (κ1) is 15.7. The molecule has 0 aromatic heterocycles. The maximum atomic E-state index is 11.6. The summed E-state index contributed by atoms with van der Waals surface area (Å²) in [6, 6.07) is 0.997. The number of piperazine rings is 1. The first-order valence-corrected chi connectivity index (χ1v) is 5.97. The molecule has 19 heavy (non-hydrogen) atoms. The topological polar surface area (TPSA) is 69.6 Å². The van der Waals surface area contributed by atoms with E-state index in [-0.39, 0.29) is 5.92 Å². The summed E-state index contributed by atoms with van der Waals surface area (Å²) in [5.74, 6) is -2.27. The Balaban J connectivity index is 0.000000224. The lowest BCUT2D eigenvalue weighted by molar-refractivity contribution is -0.192. The third-order valence-electron chi connectivity index (χ3n) is 3.08. The second kappa shape index (κ2) is 5.77. The van der Waals surface area contributed by atoms with Gasteiger partial charge in [-0.1, -0.05) is 13.8 Å². The predicted molar refractivity (Wildman–Crippen MR) is 60.4 cm³/mol. The van der Waals surface area contributed by atoms with Crippen LogP contribution in [0.3, 0.4) is 0 Å². The van der Waals surface area contributed by atoms with E-state index in [0.717, 1.165) is 13.1 Å². The fourth-order valence-corrected chi connectivity index (χ4v) is 2.14. The predicted octanol–water partition coefficient (Wildman–Crippen LogP) is 0.848. The van der Waals surface area contributed by atoms with E-state index in [0.29, 0.717) is 18.0 Å². The van der Waals surface area contributed by atoms with E-state index in [4.69, 9.17) is 9.90 Å². The van der Waals surface area contributed by atoms with E-state index in [1.807, 2.05) is 13.8 Å². The second-order valence-corrected chi connectivity index (χ2v) is 4.90. The number of aliphatic carboxylic acids is 1. The average Bonchev–Trinajstić information content (AvgIpc) is 2.29. The minimum absolute atomic E-state index is 0.161. The van der Waals surface area contributed by atoms with Crippen LogP contribution in [0.25, 0.3) is 0 Å². The minimum Gasteiger partial charge on any atom is -0.475 e. The molecular formula is C11H17F3N2O3. The van der Waals surface area contributed by atoms with Gasteiger partial charge in [-0.3, -0.25) is 4.79 Å².